The molecule has 1 N–H and O–H groups in total. The Morgan fingerprint density at radius 3 is 2.30 bits per heavy atom. The molecule has 1 spiro atoms. The smallest absolute Gasteiger partial charge is 0.0192 e. The molecule has 0 aromatic heterocycles. The van der Waals surface area contributed by atoms with Crippen LogP contribution in [0.2, 0.25) is 0 Å². The van der Waals surface area contributed by atoms with Gasteiger partial charge in [0, 0.05) is 5.54 Å². The zero-order valence-electron chi connectivity index (χ0n) is 7.04. The number of hydrogen-bond donors (Lipinski definition) is 1. The second-order valence-corrected chi connectivity index (χ2v) is 4.83. The Bertz CT molecular complexity index is 133. The molecule has 10 heavy (non-hydrogen) atoms. The molecule has 1 saturated heterocycles. The predicted octanol–water partition coefficient (Wildman–Crippen LogP) is 1.93. The highest BCUT2D eigenvalue weighted by Gasteiger charge is 2.49. The van der Waals surface area contributed by atoms with Crippen molar-refractivity contribution in [1.29, 1.82) is 0 Å². The first-order valence-electron chi connectivity index (χ1n) is 4.37. The first-order valence-corrected chi connectivity index (χ1v) is 4.37. The second kappa shape index (κ2) is 1.76. The maximum Gasteiger partial charge on any atom is 0.0192 e. The van der Waals surface area contributed by atoms with Crippen molar-refractivity contribution in [2.75, 3.05) is 6.54 Å². The van der Waals surface area contributed by atoms with Gasteiger partial charge in [0.2, 0.25) is 0 Å². The van der Waals surface area contributed by atoms with E-state index in [0.717, 1.165) is 0 Å². The lowest BCUT2D eigenvalue weighted by atomic mass is 9.59. The van der Waals surface area contributed by atoms with Crippen LogP contribution >= 0.6 is 0 Å². The lowest BCUT2D eigenvalue weighted by Gasteiger charge is -2.51. The van der Waals surface area contributed by atoms with Crippen molar-refractivity contribution in [1.82, 2.24) is 5.32 Å². The Balaban J connectivity index is 1.98. The summed E-state index contributed by atoms with van der Waals surface area (Å²) in [5, 5.41) is 3.63. The molecule has 0 radical (unpaired) electrons. The summed E-state index contributed by atoms with van der Waals surface area (Å²) in [5.74, 6) is 0. The third-order valence-electron chi connectivity index (χ3n) is 2.97. The fraction of sp³-hybridized carbons (Fsp3) is 1.00. The van der Waals surface area contributed by atoms with E-state index in [1.807, 2.05) is 0 Å². The largest absolute Gasteiger partial charge is 0.311 e. The predicted molar refractivity (Wildman–Crippen MR) is 43.0 cm³/mol. The molecule has 0 amide bonds. The van der Waals surface area contributed by atoms with Crippen LogP contribution in [0.25, 0.3) is 0 Å². The van der Waals surface area contributed by atoms with E-state index in [2.05, 4.69) is 19.2 Å². The molecule has 0 atom stereocenters. The normalized spacial score (nSPS) is 34.2. The first-order chi connectivity index (χ1) is 4.62. The number of nitrogens with one attached hydrogen (secondary N) is 1. The van der Waals surface area contributed by atoms with Gasteiger partial charge in [0.1, 0.15) is 0 Å². The molecule has 0 aromatic rings. The molecule has 2 rings (SSSR count). The Hall–Kier alpha value is -0.0400. The lowest BCUT2D eigenvalue weighted by molar-refractivity contribution is 0.0473. The van der Waals surface area contributed by atoms with Crippen LogP contribution in [0.4, 0.5) is 0 Å². The fourth-order valence-corrected chi connectivity index (χ4v) is 2.95. The van der Waals surface area contributed by atoms with Gasteiger partial charge in [0.05, 0.1) is 0 Å². The SMILES string of the molecule is CC1(C)CC2(CCCN2)C1. The third kappa shape index (κ3) is 0.878. The molecule has 1 nitrogen and oxygen atoms in total. The molecule has 1 aliphatic heterocycles. The quantitative estimate of drug-likeness (QED) is 0.540. The summed E-state index contributed by atoms with van der Waals surface area (Å²) < 4.78 is 0. The highest BCUT2D eigenvalue weighted by molar-refractivity contribution is 5.07. The van der Waals surface area contributed by atoms with E-state index in [1.165, 1.54) is 32.2 Å². The van der Waals surface area contributed by atoms with Gasteiger partial charge >= 0.3 is 0 Å². The number of hydrogen-bond acceptors (Lipinski definition) is 1. The molecule has 58 valence electrons. The third-order valence-corrected chi connectivity index (χ3v) is 2.97. The molecule has 2 fully saturated rings. The first kappa shape index (κ1) is 6.66. The van der Waals surface area contributed by atoms with Crippen molar-refractivity contribution in [2.24, 2.45) is 5.41 Å². The van der Waals surface area contributed by atoms with E-state index in [4.69, 9.17) is 0 Å². The fourth-order valence-electron chi connectivity index (χ4n) is 2.95. The van der Waals surface area contributed by atoms with Gasteiger partial charge in [-0.15, -0.1) is 0 Å². The van der Waals surface area contributed by atoms with Crippen LogP contribution < -0.4 is 5.32 Å². The van der Waals surface area contributed by atoms with Crippen LogP contribution in [0.1, 0.15) is 39.5 Å². The zero-order valence-corrected chi connectivity index (χ0v) is 7.04. The van der Waals surface area contributed by atoms with Crippen LogP contribution in [0.3, 0.4) is 0 Å². The van der Waals surface area contributed by atoms with Gasteiger partial charge in [0.15, 0.2) is 0 Å². The maximum atomic E-state index is 3.63. The minimum absolute atomic E-state index is 0.601. The van der Waals surface area contributed by atoms with Crippen LogP contribution in [0, 0.1) is 5.41 Å². The van der Waals surface area contributed by atoms with Gasteiger partial charge < -0.3 is 5.32 Å². The molecule has 0 unspecified atom stereocenters. The van der Waals surface area contributed by atoms with E-state index in [-0.39, 0.29) is 0 Å². The van der Waals surface area contributed by atoms with Gasteiger partial charge in [-0.3, -0.25) is 0 Å². The maximum absolute atomic E-state index is 3.63. The highest BCUT2D eigenvalue weighted by atomic mass is 15.0. The van der Waals surface area contributed by atoms with Gasteiger partial charge in [-0.05, 0) is 37.6 Å². The summed E-state index contributed by atoms with van der Waals surface area (Å²) in [5.41, 5.74) is 1.24. The second-order valence-electron chi connectivity index (χ2n) is 4.83. The molecule has 1 aliphatic carbocycles. The Morgan fingerprint density at radius 2 is 1.90 bits per heavy atom. The monoisotopic (exact) mass is 139 g/mol. The summed E-state index contributed by atoms with van der Waals surface area (Å²) in [6.07, 6.45) is 5.63. The molecule has 2 aliphatic rings. The Kier molecular flexibility index (Phi) is 1.17. The molecule has 1 saturated carbocycles. The van der Waals surface area contributed by atoms with Crippen molar-refractivity contribution >= 4 is 0 Å². The average Bonchev–Trinajstić information content (AvgIpc) is 2.10. The molecular weight excluding hydrogens is 122 g/mol. The van der Waals surface area contributed by atoms with Crippen molar-refractivity contribution in [3.05, 3.63) is 0 Å². The van der Waals surface area contributed by atoms with E-state index in [0.29, 0.717) is 11.0 Å². The van der Waals surface area contributed by atoms with Crippen LogP contribution in [-0.2, 0) is 0 Å². The van der Waals surface area contributed by atoms with Crippen molar-refractivity contribution in [2.45, 2.75) is 45.1 Å². The van der Waals surface area contributed by atoms with Gasteiger partial charge in [-0.1, -0.05) is 13.8 Å². The summed E-state index contributed by atoms with van der Waals surface area (Å²) >= 11 is 0. The van der Waals surface area contributed by atoms with Crippen molar-refractivity contribution < 1.29 is 0 Å². The van der Waals surface area contributed by atoms with E-state index in [1.54, 1.807) is 0 Å². The molecule has 1 heterocycles. The minimum atomic E-state index is 0.601. The molecular formula is C9H17N. The lowest BCUT2D eigenvalue weighted by Crippen LogP contribution is -2.55. The van der Waals surface area contributed by atoms with E-state index in [9.17, 15) is 0 Å². The van der Waals surface area contributed by atoms with Crippen LogP contribution in [0.15, 0.2) is 0 Å². The van der Waals surface area contributed by atoms with Crippen molar-refractivity contribution in [3.8, 4) is 0 Å². The summed E-state index contributed by atoms with van der Waals surface area (Å²) in [4.78, 5) is 0. The van der Waals surface area contributed by atoms with Gasteiger partial charge in [0.25, 0.3) is 0 Å². The molecule has 0 aromatic carbocycles. The topological polar surface area (TPSA) is 12.0 Å². The summed E-state index contributed by atoms with van der Waals surface area (Å²) in [6.45, 7) is 6.01. The van der Waals surface area contributed by atoms with Crippen molar-refractivity contribution in [3.63, 3.8) is 0 Å². The van der Waals surface area contributed by atoms with E-state index >= 15 is 0 Å². The van der Waals surface area contributed by atoms with Gasteiger partial charge in [-0.25, -0.2) is 0 Å². The standard InChI is InChI=1S/C9H17N/c1-8(2)6-9(7-8)4-3-5-10-9/h10H,3-7H2,1-2H3. The minimum Gasteiger partial charge on any atom is -0.311 e. The molecule has 1 heteroatoms. The Morgan fingerprint density at radius 1 is 1.20 bits per heavy atom. The highest BCUT2D eigenvalue weighted by Crippen LogP contribution is 2.51. The Labute approximate surface area is 63.2 Å². The summed E-state index contributed by atoms with van der Waals surface area (Å²) in [7, 11) is 0. The van der Waals surface area contributed by atoms with Gasteiger partial charge in [-0.2, -0.15) is 0 Å². The van der Waals surface area contributed by atoms with E-state index < -0.39 is 0 Å². The zero-order chi connectivity index (χ0) is 7.24. The molecule has 0 bridgehead atoms. The van der Waals surface area contributed by atoms with Crippen LogP contribution in [-0.4, -0.2) is 12.1 Å². The summed E-state index contributed by atoms with van der Waals surface area (Å²) in [6, 6.07) is 0. The average molecular weight is 139 g/mol. The number of rotatable bonds is 0. The van der Waals surface area contributed by atoms with Crippen LogP contribution in [0.5, 0.6) is 0 Å².